The number of nitrogens with one attached hydrogen (secondary N) is 1. The van der Waals surface area contributed by atoms with Gasteiger partial charge in [-0.25, -0.2) is 0 Å². The van der Waals surface area contributed by atoms with Gasteiger partial charge in [0, 0.05) is 24.7 Å². The van der Waals surface area contributed by atoms with Crippen molar-refractivity contribution < 1.29 is 0 Å². The van der Waals surface area contributed by atoms with E-state index in [4.69, 9.17) is 0 Å². The smallest absolute Gasteiger partial charge is 0.0126 e. The molecule has 2 heteroatoms. The zero-order chi connectivity index (χ0) is 12.4. The lowest BCUT2D eigenvalue weighted by Gasteiger charge is -2.43. The van der Waals surface area contributed by atoms with Crippen LogP contribution >= 0.6 is 0 Å². The normalized spacial score (nSPS) is 44.1. The van der Waals surface area contributed by atoms with Gasteiger partial charge in [0.15, 0.2) is 0 Å². The highest BCUT2D eigenvalue weighted by atomic mass is 15.2. The van der Waals surface area contributed by atoms with Crippen molar-refractivity contribution in [2.45, 2.75) is 71.0 Å². The van der Waals surface area contributed by atoms with Gasteiger partial charge in [0.05, 0.1) is 0 Å². The Labute approximate surface area is 107 Å². The maximum atomic E-state index is 3.45. The van der Waals surface area contributed by atoms with Crippen molar-refractivity contribution in [3.05, 3.63) is 0 Å². The standard InChI is InChI=1S/C15H30N2/c1-5-13-6-7-15(12(13)3)17-9-8-14(16-4)10-11(17)2/h11-16H,5-10H2,1-4H3. The van der Waals surface area contributed by atoms with Crippen molar-refractivity contribution in [3.63, 3.8) is 0 Å². The van der Waals surface area contributed by atoms with Crippen LogP contribution in [0.3, 0.4) is 0 Å². The summed E-state index contributed by atoms with van der Waals surface area (Å²) < 4.78 is 0. The van der Waals surface area contributed by atoms with Gasteiger partial charge in [-0.1, -0.05) is 20.3 Å². The van der Waals surface area contributed by atoms with Gasteiger partial charge in [0.1, 0.15) is 0 Å². The minimum absolute atomic E-state index is 0.750. The molecule has 1 saturated heterocycles. The lowest BCUT2D eigenvalue weighted by Crippen LogP contribution is -2.51. The largest absolute Gasteiger partial charge is 0.317 e. The Morgan fingerprint density at radius 2 is 1.94 bits per heavy atom. The lowest BCUT2D eigenvalue weighted by molar-refractivity contribution is 0.0672. The van der Waals surface area contributed by atoms with E-state index in [1.54, 1.807) is 0 Å². The fraction of sp³-hybridized carbons (Fsp3) is 1.00. The van der Waals surface area contributed by atoms with Crippen molar-refractivity contribution in [1.29, 1.82) is 0 Å². The number of nitrogens with zero attached hydrogens (tertiary/aromatic N) is 1. The topological polar surface area (TPSA) is 15.3 Å². The maximum absolute atomic E-state index is 3.45. The fourth-order valence-electron chi connectivity index (χ4n) is 4.21. The van der Waals surface area contributed by atoms with Crippen molar-refractivity contribution >= 4 is 0 Å². The minimum Gasteiger partial charge on any atom is -0.317 e. The average molecular weight is 238 g/mol. The molecule has 0 amide bonds. The zero-order valence-electron chi connectivity index (χ0n) is 12.1. The van der Waals surface area contributed by atoms with Crippen LogP contribution in [-0.4, -0.2) is 36.6 Å². The first kappa shape index (κ1) is 13.4. The first-order valence-corrected chi connectivity index (χ1v) is 7.60. The number of rotatable bonds is 3. The monoisotopic (exact) mass is 238 g/mol. The van der Waals surface area contributed by atoms with E-state index in [-0.39, 0.29) is 0 Å². The van der Waals surface area contributed by atoms with Gasteiger partial charge in [-0.2, -0.15) is 0 Å². The van der Waals surface area contributed by atoms with E-state index in [2.05, 4.69) is 38.0 Å². The number of hydrogen-bond acceptors (Lipinski definition) is 2. The molecule has 0 aromatic heterocycles. The van der Waals surface area contributed by atoms with Crippen LogP contribution in [0.2, 0.25) is 0 Å². The molecule has 5 atom stereocenters. The van der Waals surface area contributed by atoms with E-state index < -0.39 is 0 Å². The summed E-state index contributed by atoms with van der Waals surface area (Å²) in [7, 11) is 2.11. The Hall–Kier alpha value is -0.0800. The molecule has 0 aromatic carbocycles. The second-order valence-corrected chi connectivity index (χ2v) is 6.27. The molecule has 2 fully saturated rings. The molecule has 0 radical (unpaired) electrons. The second-order valence-electron chi connectivity index (χ2n) is 6.27. The summed E-state index contributed by atoms with van der Waals surface area (Å²) >= 11 is 0. The summed E-state index contributed by atoms with van der Waals surface area (Å²) in [6.07, 6.45) is 6.94. The summed E-state index contributed by atoms with van der Waals surface area (Å²) in [5.74, 6) is 1.89. The predicted octanol–water partition coefficient (Wildman–Crippen LogP) is 2.88. The van der Waals surface area contributed by atoms with Gasteiger partial charge in [0.25, 0.3) is 0 Å². The Kier molecular flexibility index (Phi) is 4.48. The van der Waals surface area contributed by atoms with Crippen molar-refractivity contribution in [1.82, 2.24) is 10.2 Å². The van der Waals surface area contributed by atoms with Gasteiger partial charge >= 0.3 is 0 Å². The Bertz CT molecular complexity index is 241. The molecule has 5 unspecified atom stereocenters. The Morgan fingerprint density at radius 3 is 2.47 bits per heavy atom. The third-order valence-corrected chi connectivity index (χ3v) is 5.47. The van der Waals surface area contributed by atoms with Crippen LogP contribution < -0.4 is 5.32 Å². The zero-order valence-corrected chi connectivity index (χ0v) is 12.1. The minimum atomic E-state index is 0.750. The van der Waals surface area contributed by atoms with Crippen LogP contribution in [0.5, 0.6) is 0 Å². The SMILES string of the molecule is CCC1CCC(N2CCC(NC)CC2C)C1C. The van der Waals surface area contributed by atoms with Crippen molar-refractivity contribution in [2.24, 2.45) is 11.8 Å². The van der Waals surface area contributed by atoms with Crippen LogP contribution in [-0.2, 0) is 0 Å². The third-order valence-electron chi connectivity index (χ3n) is 5.47. The average Bonchev–Trinajstić information content (AvgIpc) is 2.70. The molecule has 1 aliphatic heterocycles. The van der Waals surface area contributed by atoms with Crippen LogP contribution in [0.1, 0.15) is 52.9 Å². The summed E-state index contributed by atoms with van der Waals surface area (Å²) in [4.78, 5) is 2.81. The van der Waals surface area contributed by atoms with E-state index in [9.17, 15) is 0 Å². The van der Waals surface area contributed by atoms with Crippen LogP contribution in [0.15, 0.2) is 0 Å². The molecule has 2 nitrogen and oxygen atoms in total. The molecule has 1 aliphatic carbocycles. The number of likely N-dealkylation sites (tertiary alicyclic amines) is 1. The highest BCUT2D eigenvalue weighted by Gasteiger charge is 2.38. The Morgan fingerprint density at radius 1 is 1.18 bits per heavy atom. The molecular weight excluding hydrogens is 208 g/mol. The molecule has 100 valence electrons. The van der Waals surface area contributed by atoms with Gasteiger partial charge in [-0.3, -0.25) is 4.90 Å². The second kappa shape index (κ2) is 5.71. The van der Waals surface area contributed by atoms with Gasteiger partial charge in [0.2, 0.25) is 0 Å². The highest BCUT2D eigenvalue weighted by molar-refractivity contribution is 4.93. The van der Waals surface area contributed by atoms with Crippen LogP contribution in [0.4, 0.5) is 0 Å². The first-order chi connectivity index (χ1) is 8.17. The van der Waals surface area contributed by atoms with Crippen LogP contribution in [0.25, 0.3) is 0 Å². The third kappa shape index (κ3) is 2.68. The van der Waals surface area contributed by atoms with E-state index in [0.29, 0.717) is 0 Å². The molecule has 17 heavy (non-hydrogen) atoms. The van der Waals surface area contributed by atoms with Gasteiger partial charge < -0.3 is 5.32 Å². The molecular formula is C15H30N2. The van der Waals surface area contributed by atoms with Crippen molar-refractivity contribution in [2.75, 3.05) is 13.6 Å². The molecule has 1 saturated carbocycles. The van der Waals surface area contributed by atoms with Gasteiger partial charge in [-0.15, -0.1) is 0 Å². The van der Waals surface area contributed by atoms with Gasteiger partial charge in [-0.05, 0) is 51.5 Å². The summed E-state index contributed by atoms with van der Waals surface area (Å²) in [5, 5.41) is 3.45. The highest BCUT2D eigenvalue weighted by Crippen LogP contribution is 2.39. The first-order valence-electron chi connectivity index (χ1n) is 7.60. The summed E-state index contributed by atoms with van der Waals surface area (Å²) in [6, 6.07) is 2.39. The van der Waals surface area contributed by atoms with E-state index in [1.807, 2.05) is 0 Å². The molecule has 0 spiro atoms. The molecule has 0 bridgehead atoms. The predicted molar refractivity (Wildman–Crippen MR) is 74.2 cm³/mol. The number of piperidine rings is 1. The molecule has 1 N–H and O–H groups in total. The molecule has 0 aromatic rings. The quantitative estimate of drug-likeness (QED) is 0.813. The summed E-state index contributed by atoms with van der Waals surface area (Å²) in [6.45, 7) is 8.58. The lowest BCUT2D eigenvalue weighted by atomic mass is 9.90. The van der Waals surface area contributed by atoms with E-state index in [1.165, 1.54) is 38.6 Å². The summed E-state index contributed by atoms with van der Waals surface area (Å²) in [5.41, 5.74) is 0. The van der Waals surface area contributed by atoms with E-state index >= 15 is 0 Å². The Balaban J connectivity index is 1.95. The fourth-order valence-corrected chi connectivity index (χ4v) is 4.21. The molecule has 2 rings (SSSR count). The molecule has 2 aliphatic rings. The number of hydrogen-bond donors (Lipinski definition) is 1. The maximum Gasteiger partial charge on any atom is 0.0126 e. The van der Waals surface area contributed by atoms with Crippen molar-refractivity contribution in [3.8, 4) is 0 Å². The molecule has 1 heterocycles. The van der Waals surface area contributed by atoms with E-state index in [0.717, 1.165) is 30.0 Å². The van der Waals surface area contributed by atoms with Crippen LogP contribution in [0, 0.1) is 11.8 Å².